The van der Waals surface area contributed by atoms with Crippen LogP contribution < -0.4 is 37.0 Å². The Hall–Kier alpha value is -6.63. The van der Waals surface area contributed by atoms with Crippen LogP contribution in [-0.4, -0.2) is 230 Å². The average Bonchev–Trinajstić information content (AvgIpc) is 3.83. The molecule has 1 saturated heterocycles. The van der Waals surface area contributed by atoms with Gasteiger partial charge in [-0.2, -0.15) is 0 Å². The van der Waals surface area contributed by atoms with E-state index < -0.39 is 106 Å². The predicted octanol–water partition coefficient (Wildman–Crippen LogP) is 1.66. The Labute approximate surface area is 537 Å². The van der Waals surface area contributed by atoms with Crippen LogP contribution >= 0.6 is 0 Å². The number of primary amides is 1. The molecule has 29 heteroatoms. The van der Waals surface area contributed by atoms with Crippen LogP contribution in [0.25, 0.3) is 0 Å². The number of nitrogens with one attached hydrogen (secondary N) is 6. The summed E-state index contributed by atoms with van der Waals surface area (Å²) in [5.74, 6) is -6.79. The summed E-state index contributed by atoms with van der Waals surface area (Å²) in [5.41, 5.74) is 5.72. The van der Waals surface area contributed by atoms with E-state index in [1.165, 1.54) is 57.6 Å². The molecule has 3 rings (SSSR count). The summed E-state index contributed by atoms with van der Waals surface area (Å²) in [4.78, 5) is 137. The van der Waals surface area contributed by atoms with Crippen LogP contribution in [0.3, 0.4) is 0 Å². The van der Waals surface area contributed by atoms with Crippen molar-refractivity contribution in [2.45, 2.75) is 161 Å². The van der Waals surface area contributed by atoms with Crippen molar-refractivity contribution in [1.82, 2.24) is 45.6 Å². The number of amides is 11. The molecule has 2 heterocycles. The predicted molar refractivity (Wildman–Crippen MR) is 339 cm³/mol. The Balaban J connectivity index is 1.61. The minimum atomic E-state index is -4.33. The lowest BCUT2D eigenvalue weighted by Gasteiger charge is -2.41. The highest BCUT2D eigenvalue weighted by atomic mass is 32.2. The van der Waals surface area contributed by atoms with Gasteiger partial charge in [0.1, 0.15) is 18.1 Å². The number of nitrogens with zero attached hydrogens (tertiary/aromatic N) is 4. The van der Waals surface area contributed by atoms with Gasteiger partial charge < -0.3 is 65.8 Å². The summed E-state index contributed by atoms with van der Waals surface area (Å²) in [6.07, 6.45) is 2.47. The minimum absolute atomic E-state index is 0.0188. The van der Waals surface area contributed by atoms with Crippen LogP contribution in [0, 0.1) is 29.6 Å². The fraction of sp³-hybridized carbons (Fsp3) is 0.710. The second-order valence-electron chi connectivity index (χ2n) is 24.4. The van der Waals surface area contributed by atoms with Gasteiger partial charge in [0.05, 0.1) is 94.6 Å². The molecule has 28 nitrogen and oxygen atoms in total. The molecule has 1 aromatic carbocycles. The number of anilines is 1. The fourth-order valence-electron chi connectivity index (χ4n) is 11.2. The van der Waals surface area contributed by atoms with E-state index in [1.807, 2.05) is 60.5 Å². The van der Waals surface area contributed by atoms with Gasteiger partial charge in [-0.25, -0.2) is 13.2 Å². The molecule has 0 radical (unpaired) electrons. The first kappa shape index (κ1) is 78.6. The lowest BCUT2D eigenvalue weighted by atomic mass is 9.89. The molecule has 0 aromatic heterocycles. The molecule has 0 saturated carbocycles. The van der Waals surface area contributed by atoms with E-state index in [0.29, 0.717) is 25.8 Å². The van der Waals surface area contributed by atoms with Crippen LogP contribution in [0.5, 0.6) is 0 Å². The third kappa shape index (κ3) is 25.4. The number of likely N-dealkylation sites (N-methyl/N-ethyl adjacent to an activating group) is 2. The number of imide groups is 1. The van der Waals surface area contributed by atoms with Gasteiger partial charge in [-0.3, -0.25) is 57.7 Å². The minimum Gasteiger partial charge on any atom is -0.379 e. The van der Waals surface area contributed by atoms with E-state index in [-0.39, 0.29) is 137 Å². The van der Waals surface area contributed by atoms with Crippen molar-refractivity contribution in [2.24, 2.45) is 35.3 Å². The van der Waals surface area contributed by atoms with E-state index in [4.69, 9.17) is 29.4 Å². The molecule has 2 aliphatic heterocycles. The molecule has 514 valence electrons. The van der Waals surface area contributed by atoms with Crippen molar-refractivity contribution in [3.05, 3.63) is 42.0 Å². The topological polar surface area (TPSA) is 362 Å². The number of sulfonamides is 1. The molecule has 11 amide bonds. The van der Waals surface area contributed by atoms with Crippen LogP contribution in [0.15, 0.2) is 36.4 Å². The summed E-state index contributed by atoms with van der Waals surface area (Å²) in [7, 11) is 3.85. The molecule has 2 aliphatic rings. The Kier molecular flexibility index (Phi) is 33.7. The smallest absolute Gasteiger partial charge is 0.312 e. The number of benzene rings is 1. The number of methoxy groups -OCH3 is 2. The van der Waals surface area contributed by atoms with Crippen molar-refractivity contribution in [3.8, 4) is 0 Å². The summed E-state index contributed by atoms with van der Waals surface area (Å²) in [6, 6.07) is 0.280. The van der Waals surface area contributed by atoms with E-state index in [0.717, 1.165) is 4.90 Å². The number of hydrogen-bond donors (Lipinski definition) is 7. The number of urea groups is 1. The number of nitrogens with two attached hydrogens (primary N) is 1. The van der Waals surface area contributed by atoms with Gasteiger partial charge in [0.2, 0.25) is 51.4 Å². The summed E-state index contributed by atoms with van der Waals surface area (Å²) < 4.78 is 57.6. The number of ether oxygens (including phenoxy) is 5. The Morgan fingerprint density at radius 1 is 0.725 bits per heavy atom. The zero-order valence-electron chi connectivity index (χ0n) is 55.7. The van der Waals surface area contributed by atoms with Crippen LogP contribution in [0.1, 0.15) is 113 Å². The van der Waals surface area contributed by atoms with Crippen LogP contribution in [-0.2, 0) is 82.6 Å². The number of rotatable bonds is 42. The van der Waals surface area contributed by atoms with Crippen LogP contribution in [0.4, 0.5) is 10.5 Å². The Bertz CT molecular complexity index is 2690. The number of hydrogen-bond acceptors (Lipinski definition) is 18. The van der Waals surface area contributed by atoms with Gasteiger partial charge >= 0.3 is 6.03 Å². The zero-order chi connectivity index (χ0) is 68.3. The summed E-state index contributed by atoms with van der Waals surface area (Å²) in [6.45, 7) is 18.1. The normalized spacial score (nSPS) is 17.3. The van der Waals surface area contributed by atoms with Gasteiger partial charge in [0.15, 0.2) is 0 Å². The van der Waals surface area contributed by atoms with Crippen molar-refractivity contribution < 1.29 is 80.0 Å². The van der Waals surface area contributed by atoms with E-state index in [2.05, 4.69) is 31.3 Å². The second-order valence-corrected chi connectivity index (χ2v) is 26.1. The Morgan fingerprint density at radius 2 is 1.32 bits per heavy atom. The van der Waals surface area contributed by atoms with Gasteiger partial charge in [0, 0.05) is 58.6 Å². The first-order valence-electron chi connectivity index (χ1n) is 31.3. The van der Waals surface area contributed by atoms with Crippen molar-refractivity contribution in [3.63, 3.8) is 0 Å². The summed E-state index contributed by atoms with van der Waals surface area (Å²) >= 11 is 0. The molecule has 0 spiro atoms. The summed E-state index contributed by atoms with van der Waals surface area (Å²) in [5, 5.41) is 13.6. The molecule has 1 unspecified atom stereocenters. The highest BCUT2D eigenvalue weighted by molar-refractivity contribution is 7.89. The second kappa shape index (κ2) is 39.0. The number of carbonyl (C=O) groups excluding carboxylic acids is 10. The maximum absolute atomic E-state index is 14.4. The van der Waals surface area contributed by atoms with Crippen molar-refractivity contribution in [2.75, 3.05) is 100.0 Å². The molecular formula is C62H103N11O17S. The third-order valence-electron chi connectivity index (χ3n) is 16.2. The number of carbonyl (C=O) groups is 10. The lowest BCUT2D eigenvalue weighted by molar-refractivity contribution is -0.148. The SMILES string of the molecule is CC[C@H](C)[C@@H]([C@@H](CC(=O)N1CCC[C@H]1[C@H](OC)[C@@H](C)C(=O)NS(=O)(=O)Cc1ccc(NC(=O)C(CCCNC(N)=O)NC(=O)[C@@H](NC(=O)CCOCCOCCOCCN2C(=O)C=CC2=O)C(C)C)cc1)OC)N(C)C(=O)[C@@H](NC(=O)[C@H](C(C)C)N(C)C)C(C)C. The number of likely N-dealkylation sites (tertiary alicyclic amines) is 1. The molecular weight excluding hydrogens is 1200 g/mol. The molecule has 91 heavy (non-hydrogen) atoms. The standard InChI is InChI=1S/C62H103N11O17S/c1-15-41(8)55(71(12)61(82)53(39(4)5)68-60(81)54(40(6)7)70(10)11)47(86-13)36-51(77)72-28-17-19-46(72)56(87-14)42(9)57(78)69-91(84,85)37-43-20-22-44(23-21-43)65-58(79)45(18-16-27-64-62(63)83)66-59(80)52(38(2)3)67-48(74)26-30-88-32-34-90-35-33-89-31-29-73-49(75)24-25-50(73)76/h20-25,38-42,45-47,52-56H,15-19,26-37H2,1-14H3,(H,65,79)(H,66,80)(H,67,74)(H,68,81)(H,69,78)(H3,63,64,83)/t41-,42+,45?,46-,47+,52-,53-,54-,55-,56+/m0/s1. The highest BCUT2D eigenvalue weighted by Gasteiger charge is 2.44. The monoisotopic (exact) mass is 1310 g/mol. The molecule has 10 atom stereocenters. The van der Waals surface area contributed by atoms with Gasteiger partial charge in [-0.1, -0.05) is 80.9 Å². The van der Waals surface area contributed by atoms with Crippen LogP contribution in [0.2, 0.25) is 0 Å². The van der Waals surface area contributed by atoms with E-state index in [9.17, 15) is 56.4 Å². The average molecular weight is 1310 g/mol. The van der Waals surface area contributed by atoms with Gasteiger partial charge in [-0.05, 0) is 81.1 Å². The molecule has 1 fully saturated rings. The van der Waals surface area contributed by atoms with Crippen molar-refractivity contribution >= 4 is 74.9 Å². The van der Waals surface area contributed by atoms with E-state index >= 15 is 0 Å². The van der Waals surface area contributed by atoms with Gasteiger partial charge in [-0.15, -0.1) is 0 Å². The molecule has 0 bridgehead atoms. The first-order chi connectivity index (χ1) is 42.9. The third-order valence-corrected chi connectivity index (χ3v) is 17.5. The van der Waals surface area contributed by atoms with E-state index in [1.54, 1.807) is 30.7 Å². The highest BCUT2D eigenvalue weighted by Crippen LogP contribution is 2.30. The zero-order valence-corrected chi connectivity index (χ0v) is 56.5. The quantitative estimate of drug-likeness (QED) is 0.0361. The lowest BCUT2D eigenvalue weighted by Crippen LogP contribution is -2.59. The molecule has 0 aliphatic carbocycles. The molecule has 1 aromatic rings. The first-order valence-corrected chi connectivity index (χ1v) is 33.0. The molecule has 8 N–H and O–H groups in total. The largest absolute Gasteiger partial charge is 0.379 e. The Morgan fingerprint density at radius 3 is 1.86 bits per heavy atom. The van der Waals surface area contributed by atoms with Gasteiger partial charge in [0.25, 0.3) is 11.8 Å². The van der Waals surface area contributed by atoms with Crippen molar-refractivity contribution in [1.29, 1.82) is 0 Å². The maximum atomic E-state index is 14.4. The fourth-order valence-corrected chi connectivity index (χ4v) is 12.4. The maximum Gasteiger partial charge on any atom is 0.312 e.